The van der Waals surface area contributed by atoms with Gasteiger partial charge >= 0.3 is 0 Å². The number of fused-ring (bicyclic) bond motifs is 1. The van der Waals surface area contributed by atoms with E-state index in [0.717, 1.165) is 55.1 Å². The van der Waals surface area contributed by atoms with Crippen molar-refractivity contribution in [1.29, 1.82) is 0 Å². The molecule has 3 rings (SSSR count). The number of hydrogen-bond acceptors (Lipinski definition) is 7. The Balaban J connectivity index is 0.000000619. The fourth-order valence-electron chi connectivity index (χ4n) is 6.27. The SMILES string of the molecule is CCC.CCCCNC(=O)CCCCCN1C(=O)C=CC1=O.CNC(C(=O)NC(C(=O)N(C)C/C=C(\C)C(N)=O)C(C)(C)C)C(C)(C)c1cn(C)c2ccccc12. The van der Waals surface area contributed by atoms with E-state index in [-0.39, 0.29) is 36.1 Å². The number of imide groups is 1. The molecule has 2 atom stereocenters. The van der Waals surface area contributed by atoms with E-state index < -0.39 is 28.8 Å². The summed E-state index contributed by atoms with van der Waals surface area (Å²) >= 11 is 0. The maximum atomic E-state index is 13.7. The van der Waals surface area contributed by atoms with Crippen LogP contribution >= 0.6 is 0 Å². The van der Waals surface area contributed by atoms with E-state index in [1.165, 1.54) is 28.4 Å². The maximum absolute atomic E-state index is 13.7. The monoisotopic (exact) mass is 794 g/mol. The zero-order valence-electron chi connectivity index (χ0n) is 36.7. The summed E-state index contributed by atoms with van der Waals surface area (Å²) in [4.78, 5) is 75.0. The van der Waals surface area contributed by atoms with Crippen LogP contribution in [0.25, 0.3) is 10.9 Å². The van der Waals surface area contributed by atoms with Crippen molar-refractivity contribution >= 4 is 46.3 Å². The Morgan fingerprint density at radius 3 is 2.05 bits per heavy atom. The molecule has 0 radical (unpaired) electrons. The van der Waals surface area contributed by atoms with Gasteiger partial charge in [0.2, 0.25) is 23.6 Å². The smallest absolute Gasteiger partial charge is 0.253 e. The van der Waals surface area contributed by atoms with Crippen molar-refractivity contribution < 1.29 is 28.8 Å². The number of hydrogen-bond donors (Lipinski definition) is 4. The van der Waals surface area contributed by atoms with Gasteiger partial charge in [0.15, 0.2) is 0 Å². The Hall–Kier alpha value is -4.78. The Morgan fingerprint density at radius 2 is 1.51 bits per heavy atom. The van der Waals surface area contributed by atoms with Crippen LogP contribution in [-0.2, 0) is 41.2 Å². The number of aryl methyl sites for hydroxylation is 1. The van der Waals surface area contributed by atoms with E-state index in [2.05, 4.69) is 59.6 Å². The van der Waals surface area contributed by atoms with Gasteiger partial charge in [0, 0.05) is 80.4 Å². The predicted octanol–water partition coefficient (Wildman–Crippen LogP) is 5.27. The number of benzene rings is 1. The van der Waals surface area contributed by atoms with Crippen LogP contribution in [0, 0.1) is 5.41 Å². The molecular weight excluding hydrogens is 723 g/mol. The Labute approximate surface area is 341 Å². The number of primary amides is 1. The third-order valence-corrected chi connectivity index (χ3v) is 9.74. The van der Waals surface area contributed by atoms with E-state index in [4.69, 9.17) is 5.73 Å². The van der Waals surface area contributed by atoms with Gasteiger partial charge in [-0.3, -0.25) is 33.7 Å². The number of nitrogens with zero attached hydrogens (tertiary/aromatic N) is 3. The average Bonchev–Trinajstić information content (AvgIpc) is 3.66. The van der Waals surface area contributed by atoms with Gasteiger partial charge in [-0.25, -0.2) is 0 Å². The molecule has 1 aromatic carbocycles. The van der Waals surface area contributed by atoms with Crippen LogP contribution in [0.15, 0.2) is 54.3 Å². The zero-order chi connectivity index (χ0) is 43.5. The van der Waals surface area contributed by atoms with Crippen molar-refractivity contribution in [3.63, 3.8) is 0 Å². The summed E-state index contributed by atoms with van der Waals surface area (Å²) in [5.74, 6) is -1.40. The molecular formula is C44H71N7O6. The highest BCUT2D eigenvalue weighted by molar-refractivity contribution is 6.12. The lowest BCUT2D eigenvalue weighted by molar-refractivity contribution is -0.139. The van der Waals surface area contributed by atoms with Gasteiger partial charge in [-0.2, -0.15) is 0 Å². The fourth-order valence-corrected chi connectivity index (χ4v) is 6.27. The highest BCUT2D eigenvalue weighted by Gasteiger charge is 2.41. The third-order valence-electron chi connectivity index (χ3n) is 9.74. The first-order chi connectivity index (χ1) is 26.7. The number of nitrogens with two attached hydrogens (primary N) is 1. The molecule has 2 aromatic rings. The first-order valence-corrected chi connectivity index (χ1v) is 20.2. The number of rotatable bonds is 18. The van der Waals surface area contributed by atoms with Gasteiger partial charge < -0.3 is 31.2 Å². The summed E-state index contributed by atoms with van der Waals surface area (Å²) in [7, 11) is 5.40. The number of unbranched alkanes of at least 4 members (excludes halogenated alkanes) is 3. The minimum absolute atomic E-state index is 0.0865. The molecule has 1 aromatic heterocycles. The van der Waals surface area contributed by atoms with Crippen molar-refractivity contribution in [3.8, 4) is 0 Å². The number of likely N-dealkylation sites (N-methyl/N-ethyl adjacent to an activating group) is 2. The molecule has 318 valence electrons. The normalized spacial score (nSPS) is 14.0. The molecule has 0 saturated carbocycles. The number of para-hydroxylation sites is 1. The van der Waals surface area contributed by atoms with Crippen LogP contribution in [0.2, 0.25) is 0 Å². The number of carbonyl (C=O) groups excluding carboxylic acids is 6. The quantitative estimate of drug-likeness (QED) is 0.0904. The fraction of sp³-hybridized carbons (Fsp3) is 0.591. The van der Waals surface area contributed by atoms with Gasteiger partial charge in [-0.15, -0.1) is 0 Å². The van der Waals surface area contributed by atoms with Crippen LogP contribution in [0.5, 0.6) is 0 Å². The van der Waals surface area contributed by atoms with Gasteiger partial charge in [0.1, 0.15) is 6.04 Å². The van der Waals surface area contributed by atoms with Gasteiger partial charge in [-0.05, 0) is 50.3 Å². The standard InChI is InChI=1S/C27H41N5O3.C14H22N2O3.C3H8/c1-17(23(28)33)14-15-31(8)25(35)22(26(2,3)4)30-24(34)21(29-7)27(5,6)19-16-32(9)20-13-11-10-12-18(19)20;1-2-3-10-15-12(17)7-5-4-6-11-16-13(18)8-9-14(16)19;1-3-2/h10-14,16,21-22,29H,15H2,1-9H3,(H2,28,33)(H,30,34);8-9H,2-7,10-11H2,1H3,(H,15,17);3H2,1-2H3/b17-14+;;. The zero-order valence-corrected chi connectivity index (χ0v) is 36.7. The van der Waals surface area contributed by atoms with Crippen LogP contribution in [0.4, 0.5) is 0 Å². The Morgan fingerprint density at radius 1 is 0.912 bits per heavy atom. The van der Waals surface area contributed by atoms with Gasteiger partial charge in [-0.1, -0.05) is 98.9 Å². The summed E-state index contributed by atoms with van der Waals surface area (Å²) < 4.78 is 2.06. The minimum atomic E-state index is -0.763. The molecule has 0 bridgehead atoms. The molecule has 1 aliphatic rings. The largest absolute Gasteiger partial charge is 0.366 e. The highest BCUT2D eigenvalue weighted by Crippen LogP contribution is 2.35. The lowest BCUT2D eigenvalue weighted by atomic mass is 9.76. The number of aromatic nitrogens is 1. The Bertz CT molecular complexity index is 1700. The van der Waals surface area contributed by atoms with Crippen LogP contribution < -0.4 is 21.7 Å². The summed E-state index contributed by atoms with van der Waals surface area (Å²) in [6.07, 6.45) is 12.5. The van der Waals surface area contributed by atoms with E-state index in [1.54, 1.807) is 27.1 Å². The molecule has 57 heavy (non-hydrogen) atoms. The third kappa shape index (κ3) is 15.6. The summed E-state index contributed by atoms with van der Waals surface area (Å²) in [5, 5.41) is 10.2. The van der Waals surface area contributed by atoms with E-state index in [0.29, 0.717) is 18.5 Å². The molecule has 2 heterocycles. The summed E-state index contributed by atoms with van der Waals surface area (Å²) in [6.45, 7) is 19.2. The second-order valence-corrected chi connectivity index (χ2v) is 16.3. The van der Waals surface area contributed by atoms with E-state index in [1.807, 2.05) is 53.8 Å². The van der Waals surface area contributed by atoms with Crippen LogP contribution in [0.1, 0.15) is 113 Å². The molecule has 0 spiro atoms. The Kier molecular flexibility index (Phi) is 21.2. The lowest BCUT2D eigenvalue weighted by Gasteiger charge is -2.38. The van der Waals surface area contributed by atoms with E-state index >= 15 is 0 Å². The molecule has 0 saturated heterocycles. The molecule has 6 amide bonds. The maximum Gasteiger partial charge on any atom is 0.253 e. The van der Waals surface area contributed by atoms with Crippen LogP contribution in [0.3, 0.4) is 0 Å². The summed E-state index contributed by atoms with van der Waals surface area (Å²) in [5.41, 5.74) is 6.71. The predicted molar refractivity (Wildman–Crippen MR) is 229 cm³/mol. The molecule has 0 aliphatic carbocycles. The first-order valence-electron chi connectivity index (χ1n) is 20.2. The van der Waals surface area contributed by atoms with Crippen molar-refractivity contribution in [2.75, 3.05) is 33.7 Å². The topological polar surface area (TPSA) is 176 Å². The number of amides is 6. The van der Waals surface area contributed by atoms with Crippen molar-refractivity contribution in [2.24, 2.45) is 18.2 Å². The van der Waals surface area contributed by atoms with Gasteiger partial charge in [0.05, 0.1) is 6.04 Å². The molecule has 13 heteroatoms. The average molecular weight is 794 g/mol. The number of carbonyl (C=O) groups is 6. The first kappa shape index (κ1) is 50.2. The van der Waals surface area contributed by atoms with Crippen molar-refractivity contribution in [2.45, 2.75) is 125 Å². The molecule has 5 N–H and O–H groups in total. The van der Waals surface area contributed by atoms with Crippen molar-refractivity contribution in [1.82, 2.24) is 30.3 Å². The molecule has 13 nitrogen and oxygen atoms in total. The minimum Gasteiger partial charge on any atom is -0.366 e. The number of nitrogens with one attached hydrogen (secondary N) is 3. The highest BCUT2D eigenvalue weighted by atomic mass is 16.2. The second-order valence-electron chi connectivity index (χ2n) is 16.3. The molecule has 1 aliphatic heterocycles. The summed E-state index contributed by atoms with van der Waals surface area (Å²) in [6, 6.07) is 6.76. The molecule has 2 unspecified atom stereocenters. The van der Waals surface area contributed by atoms with Gasteiger partial charge in [0.25, 0.3) is 11.8 Å². The second kappa shape index (κ2) is 24.1. The van der Waals surface area contributed by atoms with Crippen LogP contribution in [-0.4, -0.2) is 95.6 Å². The van der Waals surface area contributed by atoms with Crippen molar-refractivity contribution in [3.05, 3.63) is 59.8 Å². The molecule has 0 fully saturated rings. The van der Waals surface area contributed by atoms with E-state index in [9.17, 15) is 28.8 Å². The lowest BCUT2D eigenvalue weighted by Crippen LogP contribution is -2.60.